The molecule has 0 saturated heterocycles. The van der Waals surface area contributed by atoms with Crippen molar-refractivity contribution in [3.8, 4) is 0 Å². The fourth-order valence-electron chi connectivity index (χ4n) is 12.8. The summed E-state index contributed by atoms with van der Waals surface area (Å²) < 4.78 is 11.1. The molecule has 44 heavy (non-hydrogen) atoms. The monoisotopic (exact) mass is 612 g/mol. The summed E-state index contributed by atoms with van der Waals surface area (Å²) in [5.41, 5.74) is 0.300. The fraction of sp³-hybridized carbons (Fsp3) is 0.868. The summed E-state index contributed by atoms with van der Waals surface area (Å²) in [7, 11) is 1.38. The van der Waals surface area contributed by atoms with Crippen molar-refractivity contribution >= 4 is 17.9 Å². The molecule has 0 radical (unpaired) electrons. The molecule has 0 heterocycles. The normalized spacial score (nSPS) is 44.3. The lowest BCUT2D eigenvalue weighted by atomic mass is 9.32. The second-order valence-corrected chi connectivity index (χ2v) is 18.1. The van der Waals surface area contributed by atoms with Crippen molar-refractivity contribution in [3.05, 3.63) is 12.2 Å². The predicted octanol–water partition coefficient (Wildman–Crippen LogP) is 8.62. The highest BCUT2D eigenvalue weighted by Gasteiger charge is 2.72. The molecule has 0 aromatic heterocycles. The van der Waals surface area contributed by atoms with Crippen LogP contribution in [0.2, 0.25) is 0 Å². The highest BCUT2D eigenvalue weighted by molar-refractivity contribution is 5.76. The lowest BCUT2D eigenvalue weighted by molar-refractivity contribution is -0.250. The second kappa shape index (κ2) is 10.9. The van der Waals surface area contributed by atoms with E-state index in [1.807, 2.05) is 13.8 Å². The molecular weight excluding hydrogens is 552 g/mol. The lowest BCUT2D eigenvalue weighted by Crippen LogP contribution is -2.67. The van der Waals surface area contributed by atoms with Crippen LogP contribution in [0.3, 0.4) is 0 Å². The largest absolute Gasteiger partial charge is 0.481 e. The molecule has 5 aliphatic rings. The average molecular weight is 613 g/mol. The molecule has 0 aliphatic heterocycles. The van der Waals surface area contributed by atoms with Crippen LogP contribution in [0.15, 0.2) is 12.2 Å². The van der Waals surface area contributed by atoms with E-state index in [1.165, 1.54) is 12.7 Å². The number of esters is 2. The third kappa shape index (κ3) is 4.81. The molecule has 0 aromatic rings. The van der Waals surface area contributed by atoms with Crippen LogP contribution in [0.4, 0.5) is 0 Å². The summed E-state index contributed by atoms with van der Waals surface area (Å²) >= 11 is 0. The van der Waals surface area contributed by atoms with Crippen LogP contribution < -0.4 is 0 Å². The molecule has 5 fully saturated rings. The Bertz CT molecular complexity index is 1200. The predicted molar refractivity (Wildman–Crippen MR) is 172 cm³/mol. The van der Waals surface area contributed by atoms with Crippen LogP contribution in [0.25, 0.3) is 0 Å². The minimum Gasteiger partial charge on any atom is -0.481 e. The van der Waals surface area contributed by atoms with Gasteiger partial charge in [0.15, 0.2) is 0 Å². The van der Waals surface area contributed by atoms with Gasteiger partial charge in [0.25, 0.3) is 0 Å². The van der Waals surface area contributed by atoms with E-state index in [2.05, 4.69) is 48.1 Å². The first-order chi connectivity index (χ1) is 20.3. The molecular formula is C38H60O6. The first kappa shape index (κ1) is 33.5. The maximum Gasteiger partial charge on any atom is 0.309 e. The van der Waals surface area contributed by atoms with E-state index in [4.69, 9.17) is 9.47 Å². The summed E-state index contributed by atoms with van der Waals surface area (Å²) in [6, 6.07) is 0. The van der Waals surface area contributed by atoms with Gasteiger partial charge in [0.05, 0.1) is 25.4 Å². The first-order valence-corrected chi connectivity index (χ1v) is 17.4. The van der Waals surface area contributed by atoms with Crippen molar-refractivity contribution in [2.24, 2.45) is 62.1 Å². The van der Waals surface area contributed by atoms with E-state index in [-0.39, 0.29) is 58.5 Å². The number of rotatable bonds is 7. The van der Waals surface area contributed by atoms with Gasteiger partial charge in [-0.15, -0.1) is 0 Å². The van der Waals surface area contributed by atoms with Crippen molar-refractivity contribution in [2.75, 3.05) is 7.11 Å². The van der Waals surface area contributed by atoms with Crippen molar-refractivity contribution < 1.29 is 29.0 Å². The van der Waals surface area contributed by atoms with E-state index in [0.29, 0.717) is 23.7 Å². The number of hydrogen-bond acceptors (Lipinski definition) is 5. The smallest absolute Gasteiger partial charge is 0.309 e. The zero-order chi connectivity index (χ0) is 32.7. The van der Waals surface area contributed by atoms with E-state index >= 15 is 0 Å². The number of aliphatic carboxylic acids is 1. The molecule has 6 nitrogen and oxygen atoms in total. The fourth-order valence-corrected chi connectivity index (χ4v) is 12.8. The summed E-state index contributed by atoms with van der Waals surface area (Å²) in [6.07, 6.45) is 10.2. The highest BCUT2D eigenvalue weighted by Crippen LogP contribution is 2.77. The number of hydrogen-bond donors (Lipinski definition) is 1. The topological polar surface area (TPSA) is 89.9 Å². The minimum absolute atomic E-state index is 0.101. The van der Waals surface area contributed by atoms with Gasteiger partial charge in [0.1, 0.15) is 6.10 Å². The van der Waals surface area contributed by atoms with Crippen molar-refractivity contribution in [3.63, 3.8) is 0 Å². The molecule has 4 unspecified atom stereocenters. The van der Waals surface area contributed by atoms with Crippen molar-refractivity contribution in [2.45, 2.75) is 139 Å². The lowest BCUT2D eigenvalue weighted by Gasteiger charge is -2.72. The van der Waals surface area contributed by atoms with Gasteiger partial charge in [-0.05, 0) is 122 Å². The molecule has 5 saturated carbocycles. The molecule has 0 aromatic carbocycles. The second-order valence-electron chi connectivity index (χ2n) is 18.1. The van der Waals surface area contributed by atoms with Crippen LogP contribution in [0, 0.1) is 62.1 Å². The highest BCUT2D eigenvalue weighted by atomic mass is 16.5. The third-order valence-corrected chi connectivity index (χ3v) is 15.2. The molecule has 6 heteroatoms. The summed E-state index contributed by atoms with van der Waals surface area (Å²) in [5.74, 6) is 0.822. The van der Waals surface area contributed by atoms with E-state index in [9.17, 15) is 19.5 Å². The van der Waals surface area contributed by atoms with Crippen LogP contribution in [0.1, 0.15) is 132 Å². The Morgan fingerprint density at radius 2 is 1.48 bits per heavy atom. The molecule has 10 atom stereocenters. The molecule has 0 amide bonds. The van der Waals surface area contributed by atoms with Gasteiger partial charge in [-0.25, -0.2) is 0 Å². The standard InChI is InChI=1S/C38H60O6/c1-23(2)24-13-18-38(32(41)42)20-19-36(8)25(31(24)38)11-12-27-35(7)16-15-28(34(5,6)26(35)14-17-37(27,36)9)44-30(40)22-33(3,4)21-29(39)43-10/h24-28,31H,1,11-22H2,2-10H3,(H,41,42)/t24-,25?,26?,27?,28-,31?,35-,36+,37+,38-/m0/s1. The molecule has 5 aliphatic carbocycles. The summed E-state index contributed by atoms with van der Waals surface area (Å²) in [6.45, 7) is 22.6. The van der Waals surface area contributed by atoms with Gasteiger partial charge in [-0.2, -0.15) is 0 Å². The van der Waals surface area contributed by atoms with Crippen molar-refractivity contribution in [1.29, 1.82) is 0 Å². The summed E-state index contributed by atoms with van der Waals surface area (Å²) in [5, 5.41) is 10.6. The Balaban J connectivity index is 1.38. The molecule has 248 valence electrons. The SMILES string of the molecule is C=C(C)[C@@H]1CC[C@]2(C(=O)O)CC[C@]3(C)C(CCC4[C@@]5(C)CC[C@H](OC(=O)CC(C)(C)CC(=O)OC)C(C)(C)C5CC[C@]43C)C12. The van der Waals surface area contributed by atoms with Gasteiger partial charge in [-0.1, -0.05) is 60.6 Å². The Kier molecular flexibility index (Phi) is 8.27. The van der Waals surface area contributed by atoms with Crippen LogP contribution in [0.5, 0.6) is 0 Å². The number of carbonyl (C=O) groups is 3. The number of carboxylic acids is 1. The number of ether oxygens (including phenoxy) is 2. The molecule has 1 N–H and O–H groups in total. The Labute approximate surface area is 266 Å². The average Bonchev–Trinajstić information content (AvgIpc) is 3.31. The molecule has 0 bridgehead atoms. The Morgan fingerprint density at radius 1 is 0.818 bits per heavy atom. The number of methoxy groups -OCH3 is 1. The van der Waals surface area contributed by atoms with Crippen LogP contribution in [-0.4, -0.2) is 36.2 Å². The van der Waals surface area contributed by atoms with Gasteiger partial charge >= 0.3 is 17.9 Å². The number of carbonyl (C=O) groups excluding carboxylic acids is 2. The molecule has 0 spiro atoms. The zero-order valence-electron chi connectivity index (χ0n) is 29.1. The maximum absolute atomic E-state index is 13.2. The van der Waals surface area contributed by atoms with Crippen LogP contribution in [-0.2, 0) is 23.9 Å². The van der Waals surface area contributed by atoms with E-state index in [1.54, 1.807) is 0 Å². The minimum atomic E-state index is -0.590. The maximum atomic E-state index is 13.2. The Hall–Kier alpha value is -1.85. The zero-order valence-corrected chi connectivity index (χ0v) is 29.1. The van der Waals surface area contributed by atoms with Gasteiger partial charge in [-0.3, -0.25) is 14.4 Å². The van der Waals surface area contributed by atoms with Crippen molar-refractivity contribution in [1.82, 2.24) is 0 Å². The van der Waals surface area contributed by atoms with E-state index < -0.39 is 16.8 Å². The first-order valence-electron chi connectivity index (χ1n) is 17.4. The number of fused-ring (bicyclic) bond motifs is 7. The number of allylic oxidation sites excluding steroid dienone is 1. The van der Waals surface area contributed by atoms with E-state index in [0.717, 1.165) is 64.2 Å². The van der Waals surface area contributed by atoms with Gasteiger partial charge in [0, 0.05) is 5.41 Å². The van der Waals surface area contributed by atoms with Gasteiger partial charge < -0.3 is 14.6 Å². The third-order valence-electron chi connectivity index (χ3n) is 15.2. The molecule has 5 rings (SSSR count). The number of carboxylic acid groups (broad SMARTS) is 1. The quantitative estimate of drug-likeness (QED) is 0.229. The summed E-state index contributed by atoms with van der Waals surface area (Å²) in [4.78, 5) is 38.0. The van der Waals surface area contributed by atoms with Crippen LogP contribution >= 0.6 is 0 Å². The Morgan fingerprint density at radius 3 is 2.09 bits per heavy atom. The van der Waals surface area contributed by atoms with Gasteiger partial charge in [0.2, 0.25) is 0 Å².